The maximum atomic E-state index is 12.4. The van der Waals surface area contributed by atoms with Crippen molar-refractivity contribution in [1.29, 1.82) is 0 Å². The van der Waals surface area contributed by atoms with Crippen LogP contribution in [0, 0.1) is 5.92 Å². The van der Waals surface area contributed by atoms with Crippen LogP contribution in [-0.2, 0) is 11.2 Å². The molecule has 1 aromatic heterocycles. The molecule has 5 nitrogen and oxygen atoms in total. The molecule has 0 aliphatic carbocycles. The summed E-state index contributed by atoms with van der Waals surface area (Å²) in [5.41, 5.74) is 6.69. The molecule has 0 saturated carbocycles. The van der Waals surface area contributed by atoms with Crippen LogP contribution in [0.15, 0.2) is 28.8 Å². The van der Waals surface area contributed by atoms with E-state index < -0.39 is 0 Å². The van der Waals surface area contributed by atoms with E-state index in [-0.39, 0.29) is 11.9 Å². The summed E-state index contributed by atoms with van der Waals surface area (Å²) in [5.74, 6) is 1.76. The molecule has 1 unspecified atom stereocenters. The Morgan fingerprint density at radius 2 is 2.12 bits per heavy atom. The molecular weight excluding hydrogens is 373 g/mol. The van der Waals surface area contributed by atoms with Crippen molar-refractivity contribution in [2.45, 2.75) is 38.6 Å². The van der Waals surface area contributed by atoms with Crippen LogP contribution in [0.2, 0.25) is 10.0 Å². The number of piperidine rings is 1. The molecule has 1 atom stereocenters. The lowest BCUT2D eigenvalue weighted by atomic mass is 9.91. The van der Waals surface area contributed by atoms with Gasteiger partial charge in [0.25, 0.3) is 0 Å². The van der Waals surface area contributed by atoms with Gasteiger partial charge in [-0.1, -0.05) is 23.2 Å². The zero-order valence-electron chi connectivity index (χ0n) is 14.8. The summed E-state index contributed by atoms with van der Waals surface area (Å²) in [5, 5.41) is 1.07. The predicted molar refractivity (Wildman–Crippen MR) is 103 cm³/mol. The lowest BCUT2D eigenvalue weighted by Gasteiger charge is -2.33. The number of hydrogen-bond acceptors (Lipinski definition) is 4. The van der Waals surface area contributed by atoms with Gasteiger partial charge >= 0.3 is 0 Å². The Hall–Kier alpha value is -1.56. The highest BCUT2D eigenvalue weighted by atomic mass is 35.5. The number of nitrogens with zero attached hydrogens (tertiary/aromatic N) is 2. The van der Waals surface area contributed by atoms with Crippen molar-refractivity contribution in [3.63, 3.8) is 0 Å². The van der Waals surface area contributed by atoms with Crippen molar-refractivity contribution in [2.24, 2.45) is 11.7 Å². The first-order chi connectivity index (χ1) is 12.4. The van der Waals surface area contributed by atoms with Crippen LogP contribution < -0.4 is 5.73 Å². The molecule has 1 fully saturated rings. The summed E-state index contributed by atoms with van der Waals surface area (Å²) in [6.45, 7) is 3.60. The third kappa shape index (κ3) is 4.58. The molecule has 140 valence electrons. The fourth-order valence-electron chi connectivity index (χ4n) is 3.29. The molecule has 1 aromatic carbocycles. The van der Waals surface area contributed by atoms with E-state index in [2.05, 4.69) is 4.98 Å². The molecule has 2 heterocycles. The number of aryl methyl sites for hydroxylation is 1. The Morgan fingerprint density at radius 3 is 2.77 bits per heavy atom. The van der Waals surface area contributed by atoms with Gasteiger partial charge in [0.2, 0.25) is 5.91 Å². The number of benzene rings is 1. The van der Waals surface area contributed by atoms with Crippen LogP contribution >= 0.6 is 23.2 Å². The maximum absolute atomic E-state index is 12.4. The molecule has 26 heavy (non-hydrogen) atoms. The highest BCUT2D eigenvalue weighted by Gasteiger charge is 2.24. The molecule has 1 aliphatic rings. The van der Waals surface area contributed by atoms with Crippen LogP contribution in [0.4, 0.5) is 0 Å². The number of halogens is 2. The number of carbonyl (C=O) groups excluding carboxylic acids is 1. The molecule has 1 amide bonds. The molecule has 1 saturated heterocycles. The first-order valence-electron chi connectivity index (χ1n) is 8.87. The first-order valence-corrected chi connectivity index (χ1v) is 9.63. The number of oxazole rings is 1. The van der Waals surface area contributed by atoms with Gasteiger partial charge in [0.15, 0.2) is 11.7 Å². The molecule has 7 heteroatoms. The standard InChI is InChI=1S/C19H23Cl2N3O2/c1-12(22)13-6-8-24(9-7-13)19(25)5-4-18-23-11-17(26-18)15-3-2-14(20)10-16(15)21/h2-3,10-13H,4-9,22H2,1H3. The van der Waals surface area contributed by atoms with Gasteiger partial charge in [-0.2, -0.15) is 0 Å². The van der Waals surface area contributed by atoms with Gasteiger partial charge in [0, 0.05) is 42.6 Å². The van der Waals surface area contributed by atoms with Crippen molar-refractivity contribution in [3.05, 3.63) is 40.3 Å². The Labute approximate surface area is 163 Å². The SMILES string of the molecule is CC(N)C1CCN(C(=O)CCc2ncc(-c3ccc(Cl)cc3Cl)o2)CC1. The second-order valence-electron chi connectivity index (χ2n) is 6.82. The highest BCUT2D eigenvalue weighted by Crippen LogP contribution is 2.31. The molecular formula is C19H23Cl2N3O2. The molecule has 2 aromatic rings. The zero-order valence-corrected chi connectivity index (χ0v) is 16.3. The fourth-order valence-corrected chi connectivity index (χ4v) is 3.79. The van der Waals surface area contributed by atoms with Crippen LogP contribution in [0.3, 0.4) is 0 Å². The van der Waals surface area contributed by atoms with E-state index in [1.165, 1.54) is 0 Å². The molecule has 2 N–H and O–H groups in total. The topological polar surface area (TPSA) is 72.4 Å². The van der Waals surface area contributed by atoms with E-state index >= 15 is 0 Å². The summed E-state index contributed by atoms with van der Waals surface area (Å²) in [4.78, 5) is 18.6. The Balaban J connectivity index is 1.54. The summed E-state index contributed by atoms with van der Waals surface area (Å²) in [6.07, 6.45) is 4.43. The lowest BCUT2D eigenvalue weighted by molar-refractivity contribution is -0.132. The van der Waals surface area contributed by atoms with Crippen LogP contribution in [-0.4, -0.2) is 34.9 Å². The smallest absolute Gasteiger partial charge is 0.223 e. The monoisotopic (exact) mass is 395 g/mol. The number of rotatable bonds is 5. The van der Waals surface area contributed by atoms with Crippen LogP contribution in [0.25, 0.3) is 11.3 Å². The molecule has 1 aliphatic heterocycles. The largest absolute Gasteiger partial charge is 0.441 e. The van der Waals surface area contributed by atoms with E-state index in [1.54, 1.807) is 24.4 Å². The summed E-state index contributed by atoms with van der Waals surface area (Å²) in [6, 6.07) is 5.40. The Kier molecular flexibility index (Phi) is 6.22. The van der Waals surface area contributed by atoms with Gasteiger partial charge in [-0.15, -0.1) is 0 Å². The first kappa shape index (κ1) is 19.2. The number of hydrogen-bond donors (Lipinski definition) is 1. The fraction of sp³-hybridized carbons (Fsp3) is 0.474. The molecule has 3 rings (SSSR count). The number of nitrogens with two attached hydrogens (primary N) is 1. The van der Waals surface area contributed by atoms with Gasteiger partial charge in [-0.3, -0.25) is 4.79 Å². The van der Waals surface area contributed by atoms with Crippen molar-refractivity contribution in [3.8, 4) is 11.3 Å². The molecule has 0 radical (unpaired) electrons. The van der Waals surface area contributed by atoms with Crippen molar-refractivity contribution < 1.29 is 9.21 Å². The minimum atomic E-state index is 0.136. The number of aromatic nitrogens is 1. The normalized spacial score (nSPS) is 16.7. The average Bonchev–Trinajstić information content (AvgIpc) is 3.08. The Morgan fingerprint density at radius 1 is 1.38 bits per heavy atom. The van der Waals surface area contributed by atoms with Crippen LogP contribution in [0.5, 0.6) is 0 Å². The third-order valence-corrected chi connectivity index (χ3v) is 5.49. The van der Waals surface area contributed by atoms with Crippen molar-refractivity contribution >= 4 is 29.1 Å². The highest BCUT2D eigenvalue weighted by molar-refractivity contribution is 6.36. The summed E-state index contributed by atoms with van der Waals surface area (Å²) >= 11 is 12.1. The van der Waals surface area contributed by atoms with Gasteiger partial charge < -0.3 is 15.1 Å². The minimum Gasteiger partial charge on any atom is -0.441 e. The quantitative estimate of drug-likeness (QED) is 0.824. The zero-order chi connectivity index (χ0) is 18.7. The second-order valence-corrected chi connectivity index (χ2v) is 7.66. The van der Waals surface area contributed by atoms with Crippen molar-refractivity contribution in [2.75, 3.05) is 13.1 Å². The van der Waals surface area contributed by atoms with E-state index in [9.17, 15) is 4.79 Å². The molecule has 0 bridgehead atoms. The average molecular weight is 396 g/mol. The van der Waals surface area contributed by atoms with Gasteiger partial charge in [0.05, 0.1) is 11.2 Å². The number of amides is 1. The lowest BCUT2D eigenvalue weighted by Crippen LogP contribution is -2.42. The number of likely N-dealkylation sites (tertiary alicyclic amines) is 1. The number of carbonyl (C=O) groups is 1. The van der Waals surface area contributed by atoms with Gasteiger partial charge in [-0.05, 0) is 43.9 Å². The second kappa shape index (κ2) is 8.42. The van der Waals surface area contributed by atoms with Crippen LogP contribution in [0.1, 0.15) is 32.1 Å². The minimum absolute atomic E-state index is 0.136. The Bertz CT molecular complexity index is 768. The van der Waals surface area contributed by atoms with E-state index in [4.69, 9.17) is 33.4 Å². The van der Waals surface area contributed by atoms with Crippen molar-refractivity contribution in [1.82, 2.24) is 9.88 Å². The van der Waals surface area contributed by atoms with Gasteiger partial charge in [0.1, 0.15) is 0 Å². The molecule has 0 spiro atoms. The van der Waals surface area contributed by atoms with E-state index in [1.807, 2.05) is 11.8 Å². The maximum Gasteiger partial charge on any atom is 0.223 e. The third-order valence-electron chi connectivity index (χ3n) is 4.94. The summed E-state index contributed by atoms with van der Waals surface area (Å²) in [7, 11) is 0. The van der Waals surface area contributed by atoms with E-state index in [0.717, 1.165) is 31.5 Å². The summed E-state index contributed by atoms with van der Waals surface area (Å²) < 4.78 is 5.75. The predicted octanol–water partition coefficient (Wildman–Crippen LogP) is 4.17. The van der Waals surface area contributed by atoms with Gasteiger partial charge in [-0.25, -0.2) is 4.98 Å². The van der Waals surface area contributed by atoms with E-state index in [0.29, 0.717) is 40.5 Å².